The molecular weight excluding hydrogens is 300 g/mol. The second kappa shape index (κ2) is 5.14. The second-order valence-corrected chi connectivity index (χ2v) is 4.33. The Morgan fingerprint density at radius 3 is 2.72 bits per heavy atom. The van der Waals surface area contributed by atoms with Gasteiger partial charge in [0, 0.05) is 6.07 Å². The van der Waals surface area contributed by atoms with Crippen LogP contribution in [0.1, 0.15) is 16.3 Å². The Kier molecular flexibility index (Phi) is 3.57. The number of halogens is 1. The van der Waals surface area contributed by atoms with Crippen LogP contribution in [0.15, 0.2) is 34.8 Å². The molecule has 0 spiro atoms. The van der Waals surface area contributed by atoms with E-state index in [1.807, 2.05) is 18.2 Å². The summed E-state index contributed by atoms with van der Waals surface area (Å²) in [6.45, 7) is 1.61. The van der Waals surface area contributed by atoms with Gasteiger partial charge in [-0.2, -0.15) is 4.98 Å². The Morgan fingerprint density at radius 1 is 1.33 bits per heavy atom. The molecule has 0 radical (unpaired) electrons. The predicted octanol–water partition coefficient (Wildman–Crippen LogP) is 3.04. The number of benzene rings is 1. The quantitative estimate of drug-likeness (QED) is 0.943. The molecule has 2 aromatic rings. The maximum atomic E-state index is 10.9. The van der Waals surface area contributed by atoms with E-state index in [1.54, 1.807) is 13.0 Å². The van der Waals surface area contributed by atoms with Crippen molar-refractivity contribution in [3.05, 3.63) is 46.3 Å². The average Bonchev–Trinajstić information content (AvgIpc) is 2.31. The molecule has 1 heterocycles. The normalized spacial score (nSPS) is 10.1. The molecule has 0 aliphatic carbocycles. The number of nitrogens with zero attached hydrogens (tertiary/aromatic N) is 2. The van der Waals surface area contributed by atoms with E-state index in [9.17, 15) is 4.79 Å². The molecule has 0 saturated heterocycles. The molecule has 1 N–H and O–H groups in total. The summed E-state index contributed by atoms with van der Waals surface area (Å²) in [7, 11) is 0. The van der Waals surface area contributed by atoms with Crippen molar-refractivity contribution in [1.29, 1.82) is 0 Å². The lowest BCUT2D eigenvalue weighted by atomic mass is 10.3. The van der Waals surface area contributed by atoms with E-state index in [-0.39, 0.29) is 11.6 Å². The van der Waals surface area contributed by atoms with E-state index < -0.39 is 5.97 Å². The Labute approximate surface area is 112 Å². The Balaban J connectivity index is 2.35. The molecule has 6 heteroatoms. The van der Waals surface area contributed by atoms with Gasteiger partial charge in [0.1, 0.15) is 11.6 Å². The highest BCUT2D eigenvalue weighted by Crippen LogP contribution is 2.28. The summed E-state index contributed by atoms with van der Waals surface area (Å²) in [5, 5.41) is 8.90. The number of para-hydroxylation sites is 1. The summed E-state index contributed by atoms with van der Waals surface area (Å²) in [6.07, 6.45) is 0. The van der Waals surface area contributed by atoms with E-state index in [0.29, 0.717) is 11.6 Å². The number of carboxylic acid groups (broad SMARTS) is 1. The zero-order valence-electron chi connectivity index (χ0n) is 9.42. The summed E-state index contributed by atoms with van der Waals surface area (Å²) in [5.41, 5.74) is -0.0930. The molecule has 18 heavy (non-hydrogen) atoms. The van der Waals surface area contributed by atoms with Crippen molar-refractivity contribution in [3.8, 4) is 11.6 Å². The summed E-state index contributed by atoms with van der Waals surface area (Å²) < 4.78 is 6.28. The van der Waals surface area contributed by atoms with Gasteiger partial charge in [-0.05, 0) is 35.0 Å². The van der Waals surface area contributed by atoms with Gasteiger partial charge in [0.15, 0.2) is 5.69 Å². The Hall–Kier alpha value is -1.95. The minimum absolute atomic E-state index is 0.0930. The molecule has 0 aliphatic heterocycles. The number of hydrogen-bond acceptors (Lipinski definition) is 4. The topological polar surface area (TPSA) is 72.3 Å². The van der Waals surface area contributed by atoms with Crippen LogP contribution in [0.25, 0.3) is 0 Å². The number of ether oxygens (including phenoxy) is 1. The lowest BCUT2D eigenvalue weighted by molar-refractivity contribution is 0.0689. The van der Waals surface area contributed by atoms with Crippen LogP contribution in [-0.4, -0.2) is 21.0 Å². The molecule has 0 saturated carbocycles. The molecule has 1 aromatic heterocycles. The van der Waals surface area contributed by atoms with Crippen LogP contribution in [0.5, 0.6) is 11.6 Å². The second-order valence-electron chi connectivity index (χ2n) is 3.48. The predicted molar refractivity (Wildman–Crippen MR) is 67.9 cm³/mol. The number of rotatable bonds is 3. The fourth-order valence-corrected chi connectivity index (χ4v) is 1.71. The molecule has 92 valence electrons. The van der Waals surface area contributed by atoms with Gasteiger partial charge < -0.3 is 9.84 Å². The molecule has 5 nitrogen and oxygen atoms in total. The summed E-state index contributed by atoms with van der Waals surface area (Å²) in [5.74, 6) is -0.00632. The largest absolute Gasteiger partial charge is 0.477 e. The van der Waals surface area contributed by atoms with Crippen molar-refractivity contribution in [2.75, 3.05) is 0 Å². The minimum atomic E-state index is -1.11. The van der Waals surface area contributed by atoms with Crippen LogP contribution in [-0.2, 0) is 0 Å². The zero-order valence-corrected chi connectivity index (χ0v) is 11.0. The first-order chi connectivity index (χ1) is 8.56. The van der Waals surface area contributed by atoms with Crippen molar-refractivity contribution < 1.29 is 14.6 Å². The van der Waals surface area contributed by atoms with Gasteiger partial charge in [0.05, 0.1) is 4.47 Å². The van der Waals surface area contributed by atoms with Crippen LogP contribution in [0, 0.1) is 6.92 Å². The molecule has 2 rings (SSSR count). The number of aromatic nitrogens is 2. The fourth-order valence-electron chi connectivity index (χ4n) is 1.34. The van der Waals surface area contributed by atoms with Crippen molar-refractivity contribution in [1.82, 2.24) is 9.97 Å². The van der Waals surface area contributed by atoms with Gasteiger partial charge in [-0.15, -0.1) is 0 Å². The van der Waals surface area contributed by atoms with Crippen molar-refractivity contribution in [2.45, 2.75) is 6.92 Å². The maximum Gasteiger partial charge on any atom is 0.354 e. The lowest BCUT2D eigenvalue weighted by Gasteiger charge is -2.07. The molecule has 0 aliphatic rings. The van der Waals surface area contributed by atoms with E-state index in [0.717, 1.165) is 4.47 Å². The van der Waals surface area contributed by atoms with Crippen LogP contribution in [0.2, 0.25) is 0 Å². The Bertz CT molecular complexity index is 602. The first kappa shape index (κ1) is 12.5. The SMILES string of the molecule is Cc1nc(Oc2ccccc2Br)cc(C(=O)O)n1. The lowest BCUT2D eigenvalue weighted by Crippen LogP contribution is -2.04. The smallest absolute Gasteiger partial charge is 0.354 e. The molecular formula is C12H9BrN2O3. The van der Waals surface area contributed by atoms with Gasteiger partial charge in [-0.3, -0.25) is 0 Å². The van der Waals surface area contributed by atoms with Gasteiger partial charge in [0.2, 0.25) is 5.88 Å². The van der Waals surface area contributed by atoms with Crippen molar-refractivity contribution >= 4 is 21.9 Å². The van der Waals surface area contributed by atoms with Gasteiger partial charge >= 0.3 is 5.97 Å². The molecule has 0 bridgehead atoms. The molecule has 0 amide bonds. The zero-order chi connectivity index (χ0) is 13.1. The van der Waals surface area contributed by atoms with Crippen molar-refractivity contribution in [3.63, 3.8) is 0 Å². The molecule has 0 unspecified atom stereocenters. The highest BCUT2D eigenvalue weighted by Gasteiger charge is 2.10. The first-order valence-electron chi connectivity index (χ1n) is 5.07. The summed E-state index contributed by atoms with van der Waals surface area (Å²) >= 11 is 3.33. The third-order valence-corrected chi connectivity index (χ3v) is 2.74. The van der Waals surface area contributed by atoms with E-state index in [4.69, 9.17) is 9.84 Å². The third kappa shape index (κ3) is 2.84. The van der Waals surface area contributed by atoms with Crippen LogP contribution >= 0.6 is 15.9 Å². The standard InChI is InChI=1S/C12H9BrN2O3/c1-7-14-9(12(16)17)6-11(15-7)18-10-5-3-2-4-8(10)13/h2-6H,1H3,(H,16,17). The number of aromatic carboxylic acids is 1. The third-order valence-electron chi connectivity index (χ3n) is 2.08. The van der Waals surface area contributed by atoms with Crippen molar-refractivity contribution in [2.24, 2.45) is 0 Å². The van der Waals surface area contributed by atoms with Crippen LogP contribution in [0.3, 0.4) is 0 Å². The van der Waals surface area contributed by atoms with Gasteiger partial charge in [-0.1, -0.05) is 12.1 Å². The van der Waals surface area contributed by atoms with E-state index in [1.165, 1.54) is 6.07 Å². The average molecular weight is 309 g/mol. The number of aryl methyl sites for hydroxylation is 1. The molecule has 0 fully saturated rings. The van der Waals surface area contributed by atoms with Crippen LogP contribution < -0.4 is 4.74 Å². The maximum absolute atomic E-state index is 10.9. The Morgan fingerprint density at radius 2 is 2.06 bits per heavy atom. The number of carbonyl (C=O) groups is 1. The molecule has 1 aromatic carbocycles. The fraction of sp³-hybridized carbons (Fsp3) is 0.0833. The highest BCUT2D eigenvalue weighted by molar-refractivity contribution is 9.10. The van der Waals surface area contributed by atoms with E-state index >= 15 is 0 Å². The number of carboxylic acids is 1. The highest BCUT2D eigenvalue weighted by atomic mass is 79.9. The van der Waals surface area contributed by atoms with Crippen LogP contribution in [0.4, 0.5) is 0 Å². The summed E-state index contributed by atoms with van der Waals surface area (Å²) in [4.78, 5) is 18.7. The minimum Gasteiger partial charge on any atom is -0.477 e. The summed E-state index contributed by atoms with van der Waals surface area (Å²) in [6, 6.07) is 8.52. The van der Waals surface area contributed by atoms with Gasteiger partial charge in [-0.25, -0.2) is 9.78 Å². The molecule has 0 atom stereocenters. The van der Waals surface area contributed by atoms with E-state index in [2.05, 4.69) is 25.9 Å². The van der Waals surface area contributed by atoms with Gasteiger partial charge in [0.25, 0.3) is 0 Å². The number of hydrogen-bond donors (Lipinski definition) is 1. The first-order valence-corrected chi connectivity index (χ1v) is 5.87. The monoisotopic (exact) mass is 308 g/mol.